The van der Waals surface area contributed by atoms with Crippen LogP contribution < -0.4 is 0 Å². The molecule has 0 saturated carbocycles. The molecule has 0 unspecified atom stereocenters. The quantitative estimate of drug-likeness (QED) is 0.646. The lowest BCUT2D eigenvalue weighted by molar-refractivity contribution is -0.148. The standard InChI is InChI=1S/C10H18N2O4/c1-11(2)4-3-9(14)12-6-7(13)5-8(12)10(15)16/h7-8,13H,3-6H2,1-2H3,(H,15,16)/t7-,8+/m1/s1. The topological polar surface area (TPSA) is 81.1 Å². The van der Waals surface area contributed by atoms with Crippen molar-refractivity contribution in [1.29, 1.82) is 0 Å². The van der Waals surface area contributed by atoms with Crippen LogP contribution in [0.2, 0.25) is 0 Å². The van der Waals surface area contributed by atoms with Gasteiger partial charge in [-0.1, -0.05) is 0 Å². The molecule has 6 nitrogen and oxygen atoms in total. The van der Waals surface area contributed by atoms with Crippen molar-refractivity contribution in [1.82, 2.24) is 9.80 Å². The third-order valence-electron chi connectivity index (χ3n) is 2.66. The molecule has 1 amide bonds. The number of β-amino-alcohol motifs (C(OH)–C–C–N with tert-alkyl or cyclic N) is 1. The first-order valence-corrected chi connectivity index (χ1v) is 5.27. The van der Waals surface area contributed by atoms with Gasteiger partial charge >= 0.3 is 5.97 Å². The van der Waals surface area contributed by atoms with Gasteiger partial charge in [0, 0.05) is 25.9 Å². The van der Waals surface area contributed by atoms with E-state index in [9.17, 15) is 14.7 Å². The minimum absolute atomic E-state index is 0.128. The second-order valence-electron chi connectivity index (χ2n) is 4.34. The molecule has 2 atom stereocenters. The van der Waals surface area contributed by atoms with E-state index in [4.69, 9.17) is 5.11 Å². The number of carboxylic acid groups (broad SMARTS) is 1. The predicted molar refractivity (Wildman–Crippen MR) is 56.9 cm³/mol. The summed E-state index contributed by atoms with van der Waals surface area (Å²) >= 11 is 0. The highest BCUT2D eigenvalue weighted by Crippen LogP contribution is 2.19. The fourth-order valence-corrected chi connectivity index (χ4v) is 1.79. The van der Waals surface area contributed by atoms with Crippen molar-refractivity contribution < 1.29 is 19.8 Å². The number of likely N-dealkylation sites (tertiary alicyclic amines) is 1. The summed E-state index contributed by atoms with van der Waals surface area (Å²) in [5.41, 5.74) is 0. The molecule has 1 fully saturated rings. The smallest absolute Gasteiger partial charge is 0.326 e. The molecule has 0 spiro atoms. The minimum atomic E-state index is -1.05. The van der Waals surface area contributed by atoms with E-state index >= 15 is 0 Å². The molecule has 1 heterocycles. The molecular weight excluding hydrogens is 212 g/mol. The molecule has 92 valence electrons. The largest absolute Gasteiger partial charge is 0.480 e. The molecule has 0 aliphatic carbocycles. The Bertz CT molecular complexity index is 280. The maximum absolute atomic E-state index is 11.7. The molecule has 0 aromatic rings. The Hall–Kier alpha value is -1.14. The number of nitrogens with zero attached hydrogens (tertiary/aromatic N) is 2. The fourth-order valence-electron chi connectivity index (χ4n) is 1.79. The van der Waals surface area contributed by atoms with Gasteiger partial charge in [-0.05, 0) is 14.1 Å². The number of carbonyl (C=O) groups is 2. The first-order valence-electron chi connectivity index (χ1n) is 5.27. The number of hydrogen-bond acceptors (Lipinski definition) is 4. The van der Waals surface area contributed by atoms with Crippen LogP contribution >= 0.6 is 0 Å². The van der Waals surface area contributed by atoms with Crippen molar-refractivity contribution in [2.24, 2.45) is 0 Å². The van der Waals surface area contributed by atoms with Crippen molar-refractivity contribution in [2.75, 3.05) is 27.2 Å². The van der Waals surface area contributed by atoms with Crippen molar-refractivity contribution in [2.45, 2.75) is 25.0 Å². The molecule has 0 radical (unpaired) electrons. The Morgan fingerprint density at radius 1 is 1.44 bits per heavy atom. The van der Waals surface area contributed by atoms with E-state index in [1.165, 1.54) is 4.90 Å². The van der Waals surface area contributed by atoms with Crippen molar-refractivity contribution in [3.05, 3.63) is 0 Å². The first kappa shape index (κ1) is 12.9. The number of amides is 1. The van der Waals surface area contributed by atoms with Crippen LogP contribution in [0, 0.1) is 0 Å². The van der Waals surface area contributed by atoms with Gasteiger partial charge in [0.1, 0.15) is 6.04 Å². The third kappa shape index (κ3) is 3.18. The highest BCUT2D eigenvalue weighted by molar-refractivity contribution is 5.84. The molecule has 16 heavy (non-hydrogen) atoms. The number of carboxylic acids is 1. The van der Waals surface area contributed by atoms with Crippen molar-refractivity contribution in [3.8, 4) is 0 Å². The summed E-state index contributed by atoms with van der Waals surface area (Å²) in [7, 11) is 3.70. The van der Waals surface area contributed by atoms with Crippen LogP contribution in [0.15, 0.2) is 0 Å². The van der Waals surface area contributed by atoms with Crippen LogP contribution in [0.4, 0.5) is 0 Å². The summed E-state index contributed by atoms with van der Waals surface area (Å²) in [6.07, 6.45) is -0.309. The van der Waals surface area contributed by atoms with Gasteiger partial charge in [-0.3, -0.25) is 4.79 Å². The summed E-state index contributed by atoms with van der Waals surface area (Å²) in [6, 6.07) is -0.871. The Labute approximate surface area is 94.4 Å². The summed E-state index contributed by atoms with van der Waals surface area (Å²) in [5.74, 6) is -1.26. The zero-order valence-electron chi connectivity index (χ0n) is 9.59. The van der Waals surface area contributed by atoms with Gasteiger partial charge in [-0.15, -0.1) is 0 Å². The van der Waals surface area contributed by atoms with Gasteiger partial charge in [-0.2, -0.15) is 0 Å². The summed E-state index contributed by atoms with van der Waals surface area (Å²) in [4.78, 5) is 25.7. The number of carbonyl (C=O) groups excluding carboxylic acids is 1. The van der Waals surface area contributed by atoms with E-state index in [0.717, 1.165) is 0 Å². The Morgan fingerprint density at radius 3 is 2.56 bits per heavy atom. The lowest BCUT2D eigenvalue weighted by Crippen LogP contribution is -2.41. The molecule has 2 N–H and O–H groups in total. The van der Waals surface area contributed by atoms with Crippen molar-refractivity contribution in [3.63, 3.8) is 0 Å². The Balaban J connectivity index is 2.56. The summed E-state index contributed by atoms with van der Waals surface area (Å²) < 4.78 is 0. The number of aliphatic hydroxyl groups is 1. The average molecular weight is 230 g/mol. The van der Waals surface area contributed by atoms with Crippen LogP contribution in [0.5, 0.6) is 0 Å². The predicted octanol–water partition coefficient (Wildman–Crippen LogP) is -1.02. The van der Waals surface area contributed by atoms with Crippen LogP contribution in [0.1, 0.15) is 12.8 Å². The molecule has 0 bridgehead atoms. The maximum Gasteiger partial charge on any atom is 0.326 e. The Morgan fingerprint density at radius 2 is 2.06 bits per heavy atom. The zero-order valence-corrected chi connectivity index (χ0v) is 9.59. The van der Waals surface area contributed by atoms with Gasteiger partial charge < -0.3 is 20.0 Å². The summed E-state index contributed by atoms with van der Waals surface area (Å²) in [6.45, 7) is 0.709. The number of rotatable bonds is 4. The van der Waals surface area contributed by atoms with Crippen LogP contribution in [-0.4, -0.2) is 71.2 Å². The van der Waals surface area contributed by atoms with Gasteiger partial charge in [0.05, 0.1) is 6.10 Å². The molecular formula is C10H18N2O4. The van der Waals surface area contributed by atoms with Crippen LogP contribution in [-0.2, 0) is 9.59 Å². The highest BCUT2D eigenvalue weighted by Gasteiger charge is 2.38. The van der Waals surface area contributed by atoms with Crippen LogP contribution in [0.3, 0.4) is 0 Å². The SMILES string of the molecule is CN(C)CCC(=O)N1C[C@H](O)C[C@H]1C(=O)O. The van der Waals surface area contributed by atoms with E-state index in [-0.39, 0.29) is 25.3 Å². The second-order valence-corrected chi connectivity index (χ2v) is 4.34. The van der Waals surface area contributed by atoms with Crippen LogP contribution in [0.25, 0.3) is 0 Å². The number of aliphatic carboxylic acids is 1. The van der Waals surface area contributed by atoms with E-state index in [2.05, 4.69) is 0 Å². The molecule has 6 heteroatoms. The van der Waals surface area contributed by atoms with E-state index in [0.29, 0.717) is 6.54 Å². The normalized spacial score (nSPS) is 25.1. The monoisotopic (exact) mass is 230 g/mol. The first-order chi connectivity index (χ1) is 7.41. The summed E-state index contributed by atoms with van der Waals surface area (Å²) in [5, 5.41) is 18.3. The molecule has 1 rings (SSSR count). The maximum atomic E-state index is 11.7. The van der Waals surface area contributed by atoms with Gasteiger partial charge in [0.25, 0.3) is 0 Å². The molecule has 1 aliphatic heterocycles. The lowest BCUT2D eigenvalue weighted by atomic mass is 10.2. The van der Waals surface area contributed by atoms with E-state index in [1.54, 1.807) is 0 Å². The molecule has 0 aromatic heterocycles. The number of hydrogen-bond donors (Lipinski definition) is 2. The molecule has 1 saturated heterocycles. The van der Waals surface area contributed by atoms with Crippen molar-refractivity contribution >= 4 is 11.9 Å². The third-order valence-corrected chi connectivity index (χ3v) is 2.66. The second kappa shape index (κ2) is 5.27. The lowest BCUT2D eigenvalue weighted by Gasteiger charge is -2.21. The van der Waals surface area contributed by atoms with Gasteiger partial charge in [-0.25, -0.2) is 4.79 Å². The zero-order chi connectivity index (χ0) is 12.3. The van der Waals surface area contributed by atoms with E-state index in [1.807, 2.05) is 19.0 Å². The minimum Gasteiger partial charge on any atom is -0.480 e. The molecule has 0 aromatic carbocycles. The van der Waals surface area contributed by atoms with E-state index < -0.39 is 18.1 Å². The van der Waals surface area contributed by atoms with Gasteiger partial charge in [0.2, 0.25) is 5.91 Å². The highest BCUT2D eigenvalue weighted by atomic mass is 16.4. The Kier molecular flexibility index (Phi) is 4.26. The fraction of sp³-hybridized carbons (Fsp3) is 0.800. The number of aliphatic hydroxyl groups excluding tert-OH is 1. The molecule has 1 aliphatic rings. The van der Waals surface area contributed by atoms with Gasteiger partial charge in [0.15, 0.2) is 0 Å². The average Bonchev–Trinajstić information content (AvgIpc) is 2.56.